The Morgan fingerprint density at radius 1 is 1.33 bits per heavy atom. The highest BCUT2D eigenvalue weighted by Crippen LogP contribution is 2.27. The summed E-state index contributed by atoms with van der Waals surface area (Å²) in [4.78, 5) is 16.7. The number of aromatic nitrogens is 1. The van der Waals surface area contributed by atoms with Crippen molar-refractivity contribution in [3.8, 4) is 5.75 Å². The highest BCUT2D eigenvalue weighted by molar-refractivity contribution is 7.22. The summed E-state index contributed by atoms with van der Waals surface area (Å²) >= 11 is 7.38. The van der Waals surface area contributed by atoms with Crippen LogP contribution in [0.25, 0.3) is 10.2 Å². The maximum atomic E-state index is 12.3. The minimum Gasteiger partial charge on any atom is -0.481 e. The Balaban J connectivity index is 1.69. The molecule has 124 valence electrons. The summed E-state index contributed by atoms with van der Waals surface area (Å²) in [6.07, 6.45) is 0.321. The van der Waals surface area contributed by atoms with Crippen molar-refractivity contribution < 1.29 is 9.53 Å². The summed E-state index contributed by atoms with van der Waals surface area (Å²) in [5.41, 5.74) is 2.14. The van der Waals surface area contributed by atoms with Gasteiger partial charge in [-0.1, -0.05) is 42.0 Å². The number of carbonyl (C=O) groups excluding carboxylic acids is 1. The van der Waals surface area contributed by atoms with Crippen molar-refractivity contribution in [1.82, 2.24) is 4.98 Å². The lowest BCUT2D eigenvalue weighted by molar-refractivity contribution is -0.122. The molecule has 3 rings (SSSR count). The fourth-order valence-electron chi connectivity index (χ4n) is 2.25. The van der Waals surface area contributed by atoms with Crippen LogP contribution in [-0.2, 0) is 11.2 Å². The summed E-state index contributed by atoms with van der Waals surface area (Å²) in [5.74, 6) is 0.312. The van der Waals surface area contributed by atoms with Gasteiger partial charge in [0.05, 0.1) is 10.2 Å². The minimum atomic E-state index is -0.651. The Bertz CT molecular complexity index is 878. The smallest absolute Gasteiger partial charge is 0.266 e. The Kier molecular flexibility index (Phi) is 5.02. The first-order chi connectivity index (χ1) is 11.5. The van der Waals surface area contributed by atoms with Crippen molar-refractivity contribution in [2.45, 2.75) is 26.4 Å². The zero-order chi connectivity index (χ0) is 17.1. The minimum absolute atomic E-state index is 0.246. The van der Waals surface area contributed by atoms with Crippen molar-refractivity contribution in [2.75, 3.05) is 5.32 Å². The van der Waals surface area contributed by atoms with E-state index >= 15 is 0 Å². The van der Waals surface area contributed by atoms with Gasteiger partial charge >= 0.3 is 0 Å². The zero-order valence-electron chi connectivity index (χ0n) is 13.4. The van der Waals surface area contributed by atoms with Gasteiger partial charge in [0.2, 0.25) is 0 Å². The molecule has 0 spiro atoms. The monoisotopic (exact) mass is 360 g/mol. The zero-order valence-corrected chi connectivity index (χ0v) is 14.9. The van der Waals surface area contributed by atoms with Gasteiger partial charge in [-0.15, -0.1) is 0 Å². The van der Waals surface area contributed by atoms with E-state index in [4.69, 9.17) is 16.3 Å². The van der Waals surface area contributed by atoms with Crippen LogP contribution >= 0.6 is 22.9 Å². The van der Waals surface area contributed by atoms with Crippen LogP contribution in [0.4, 0.5) is 5.13 Å². The topological polar surface area (TPSA) is 51.2 Å². The molecule has 0 saturated heterocycles. The third-order valence-corrected chi connectivity index (χ3v) is 4.74. The number of aryl methyl sites for hydroxylation is 1. The van der Waals surface area contributed by atoms with Crippen LogP contribution in [0.2, 0.25) is 5.02 Å². The second-order valence-corrected chi connectivity index (χ2v) is 6.85. The second kappa shape index (κ2) is 7.20. The summed E-state index contributed by atoms with van der Waals surface area (Å²) in [6.45, 7) is 3.80. The number of halogens is 1. The van der Waals surface area contributed by atoms with Crippen molar-refractivity contribution in [3.05, 3.63) is 53.1 Å². The van der Waals surface area contributed by atoms with E-state index in [1.54, 1.807) is 31.2 Å². The van der Waals surface area contributed by atoms with Gasteiger partial charge in [0.25, 0.3) is 5.91 Å². The van der Waals surface area contributed by atoms with Gasteiger partial charge in [-0.3, -0.25) is 10.1 Å². The van der Waals surface area contributed by atoms with Crippen LogP contribution in [0.15, 0.2) is 42.5 Å². The van der Waals surface area contributed by atoms with Gasteiger partial charge in [-0.2, -0.15) is 0 Å². The summed E-state index contributed by atoms with van der Waals surface area (Å²) in [5, 5.41) is 3.96. The predicted molar refractivity (Wildman–Crippen MR) is 99.2 cm³/mol. The lowest BCUT2D eigenvalue weighted by Gasteiger charge is -2.13. The predicted octanol–water partition coefficient (Wildman–Crippen LogP) is 4.92. The fourth-order valence-corrected chi connectivity index (χ4v) is 3.36. The Morgan fingerprint density at radius 3 is 2.92 bits per heavy atom. The molecule has 2 aromatic carbocycles. The van der Waals surface area contributed by atoms with Gasteiger partial charge < -0.3 is 4.74 Å². The Morgan fingerprint density at radius 2 is 2.17 bits per heavy atom. The maximum absolute atomic E-state index is 12.3. The maximum Gasteiger partial charge on any atom is 0.266 e. The molecule has 0 aliphatic rings. The molecule has 3 aromatic rings. The molecule has 0 radical (unpaired) electrons. The third kappa shape index (κ3) is 3.86. The van der Waals surface area contributed by atoms with Crippen molar-refractivity contribution >= 4 is 44.2 Å². The summed E-state index contributed by atoms with van der Waals surface area (Å²) in [7, 11) is 0. The molecule has 6 heteroatoms. The number of benzene rings is 2. The Labute approximate surface area is 149 Å². The number of amides is 1. The molecule has 0 aliphatic heterocycles. The lowest BCUT2D eigenvalue weighted by atomic mass is 10.2. The van der Waals surface area contributed by atoms with Crippen LogP contribution in [0, 0.1) is 0 Å². The molecule has 1 N–H and O–H groups in total. The molecule has 0 aliphatic carbocycles. The number of fused-ring (bicyclic) bond motifs is 1. The van der Waals surface area contributed by atoms with E-state index < -0.39 is 6.10 Å². The van der Waals surface area contributed by atoms with Gasteiger partial charge in [0.1, 0.15) is 5.75 Å². The highest BCUT2D eigenvalue weighted by atomic mass is 35.5. The normalized spacial score (nSPS) is 12.1. The van der Waals surface area contributed by atoms with Crippen molar-refractivity contribution in [1.29, 1.82) is 0 Å². The van der Waals surface area contributed by atoms with Gasteiger partial charge in [0.15, 0.2) is 11.2 Å². The average Bonchev–Trinajstić information content (AvgIpc) is 2.95. The van der Waals surface area contributed by atoms with E-state index in [2.05, 4.69) is 29.4 Å². The van der Waals surface area contributed by atoms with Gasteiger partial charge in [-0.25, -0.2) is 4.98 Å². The van der Waals surface area contributed by atoms with E-state index in [-0.39, 0.29) is 5.91 Å². The molecule has 1 atom stereocenters. The quantitative estimate of drug-likeness (QED) is 0.702. The van der Waals surface area contributed by atoms with Gasteiger partial charge in [-0.05, 0) is 49.2 Å². The van der Waals surface area contributed by atoms with Crippen LogP contribution < -0.4 is 10.1 Å². The molecule has 1 amide bonds. The van der Waals surface area contributed by atoms with E-state index in [0.29, 0.717) is 15.9 Å². The molecule has 0 fully saturated rings. The summed E-state index contributed by atoms with van der Waals surface area (Å²) in [6, 6.07) is 13.1. The second-order valence-electron chi connectivity index (χ2n) is 5.38. The molecular formula is C18H17ClN2O2S. The molecular weight excluding hydrogens is 344 g/mol. The number of thiazole rings is 1. The fraction of sp³-hybridized carbons (Fsp3) is 0.222. The van der Waals surface area contributed by atoms with Crippen LogP contribution in [0.1, 0.15) is 19.4 Å². The van der Waals surface area contributed by atoms with Crippen LogP contribution in [0.3, 0.4) is 0 Å². The first-order valence-corrected chi connectivity index (χ1v) is 8.87. The first-order valence-electron chi connectivity index (χ1n) is 7.67. The molecule has 1 heterocycles. The van der Waals surface area contributed by atoms with Gasteiger partial charge in [0, 0.05) is 5.02 Å². The van der Waals surface area contributed by atoms with Crippen molar-refractivity contribution in [3.63, 3.8) is 0 Å². The van der Waals surface area contributed by atoms with Crippen molar-refractivity contribution in [2.24, 2.45) is 0 Å². The number of ether oxygens (including phenoxy) is 1. The molecule has 0 saturated carbocycles. The third-order valence-electron chi connectivity index (χ3n) is 3.57. The van der Waals surface area contributed by atoms with E-state index in [0.717, 1.165) is 16.6 Å². The average molecular weight is 361 g/mol. The number of carbonyl (C=O) groups is 1. The SMILES string of the molecule is CCc1ccc2nc(NC(=O)C(C)Oc3cccc(Cl)c3)sc2c1. The molecule has 24 heavy (non-hydrogen) atoms. The number of hydrogen-bond acceptors (Lipinski definition) is 4. The lowest BCUT2D eigenvalue weighted by Crippen LogP contribution is -2.30. The van der Waals surface area contributed by atoms with E-state index in [1.165, 1.54) is 16.9 Å². The number of nitrogens with one attached hydrogen (secondary N) is 1. The number of hydrogen-bond donors (Lipinski definition) is 1. The number of anilines is 1. The number of rotatable bonds is 5. The largest absolute Gasteiger partial charge is 0.481 e. The Hall–Kier alpha value is -2.11. The molecule has 1 unspecified atom stereocenters. The van der Waals surface area contributed by atoms with Crippen LogP contribution in [0.5, 0.6) is 5.75 Å². The first kappa shape index (κ1) is 16.7. The van der Waals surface area contributed by atoms with Crippen LogP contribution in [-0.4, -0.2) is 17.0 Å². The molecule has 1 aromatic heterocycles. The molecule has 0 bridgehead atoms. The summed E-state index contributed by atoms with van der Waals surface area (Å²) < 4.78 is 6.68. The van der Waals surface area contributed by atoms with E-state index in [9.17, 15) is 4.79 Å². The standard InChI is InChI=1S/C18H17ClN2O2S/c1-3-12-7-8-15-16(9-12)24-18(20-15)21-17(22)11(2)23-14-6-4-5-13(19)10-14/h4-11H,3H2,1-2H3,(H,20,21,22). The highest BCUT2D eigenvalue weighted by Gasteiger charge is 2.17. The molecule has 4 nitrogen and oxygen atoms in total. The number of nitrogens with zero attached hydrogens (tertiary/aromatic N) is 1. The van der Waals surface area contributed by atoms with E-state index in [1.807, 2.05) is 6.07 Å².